The third kappa shape index (κ3) is 4.14. The van der Waals surface area contributed by atoms with Crippen molar-refractivity contribution >= 4 is 17.8 Å². The SMILES string of the molecule is C#CCOc1ccc(/C=C/c2nc(O)c([N+](=O)[O-])c(=O)[nH]2)cc1OC. The molecule has 0 saturated heterocycles. The van der Waals surface area contributed by atoms with E-state index in [9.17, 15) is 20.0 Å². The number of aromatic amines is 1. The fraction of sp³-hybridized carbons (Fsp3) is 0.125. The molecule has 0 unspecified atom stereocenters. The summed E-state index contributed by atoms with van der Waals surface area (Å²) >= 11 is 0. The largest absolute Gasteiger partial charge is 0.493 e. The average Bonchev–Trinajstić information content (AvgIpc) is 2.57. The van der Waals surface area contributed by atoms with Gasteiger partial charge in [-0.05, 0) is 23.8 Å². The third-order valence-electron chi connectivity index (χ3n) is 3.01. The summed E-state index contributed by atoms with van der Waals surface area (Å²) in [6.45, 7) is 0.0960. The second kappa shape index (κ2) is 7.65. The van der Waals surface area contributed by atoms with Gasteiger partial charge in [0, 0.05) is 0 Å². The molecular formula is C16H13N3O6. The van der Waals surface area contributed by atoms with Crippen LogP contribution in [0.3, 0.4) is 0 Å². The zero-order chi connectivity index (χ0) is 18.4. The molecule has 2 rings (SSSR count). The Labute approximate surface area is 141 Å². The summed E-state index contributed by atoms with van der Waals surface area (Å²) in [5.41, 5.74) is -1.38. The lowest BCUT2D eigenvalue weighted by atomic mass is 10.2. The summed E-state index contributed by atoms with van der Waals surface area (Å²) in [5, 5.41) is 20.1. The molecule has 9 nitrogen and oxygen atoms in total. The fourth-order valence-electron chi connectivity index (χ4n) is 1.92. The van der Waals surface area contributed by atoms with Crippen LogP contribution < -0.4 is 15.0 Å². The van der Waals surface area contributed by atoms with Gasteiger partial charge in [0.2, 0.25) is 0 Å². The monoisotopic (exact) mass is 343 g/mol. The van der Waals surface area contributed by atoms with Gasteiger partial charge >= 0.3 is 11.2 Å². The molecule has 2 aromatic rings. The van der Waals surface area contributed by atoms with E-state index >= 15 is 0 Å². The molecule has 128 valence electrons. The topological polar surface area (TPSA) is 128 Å². The van der Waals surface area contributed by atoms with Gasteiger partial charge in [0.15, 0.2) is 11.5 Å². The first-order valence-electron chi connectivity index (χ1n) is 6.86. The van der Waals surface area contributed by atoms with Crippen molar-refractivity contribution in [3.63, 3.8) is 0 Å². The summed E-state index contributed by atoms with van der Waals surface area (Å²) in [6.07, 6.45) is 8.08. The van der Waals surface area contributed by atoms with E-state index in [2.05, 4.69) is 15.9 Å². The van der Waals surface area contributed by atoms with Crippen molar-refractivity contribution in [2.75, 3.05) is 13.7 Å². The molecule has 9 heteroatoms. The van der Waals surface area contributed by atoms with E-state index in [1.54, 1.807) is 24.3 Å². The van der Waals surface area contributed by atoms with Gasteiger partial charge in [0.05, 0.1) is 12.0 Å². The number of rotatable bonds is 6. The molecule has 0 saturated carbocycles. The van der Waals surface area contributed by atoms with Crippen molar-refractivity contribution in [3.8, 4) is 29.7 Å². The fourth-order valence-corrected chi connectivity index (χ4v) is 1.92. The van der Waals surface area contributed by atoms with Crippen LogP contribution in [0.2, 0.25) is 0 Å². The molecule has 0 spiro atoms. The predicted octanol–water partition coefficient (Wildman–Crippen LogP) is 1.57. The van der Waals surface area contributed by atoms with Crippen LogP contribution in [0.25, 0.3) is 12.2 Å². The number of aromatic hydroxyl groups is 1. The maximum absolute atomic E-state index is 11.6. The van der Waals surface area contributed by atoms with Gasteiger partial charge in [-0.25, -0.2) is 0 Å². The van der Waals surface area contributed by atoms with E-state index in [1.807, 2.05) is 0 Å². The first kappa shape index (κ1) is 17.6. The van der Waals surface area contributed by atoms with Crippen LogP contribution in [0.15, 0.2) is 23.0 Å². The van der Waals surface area contributed by atoms with Gasteiger partial charge in [0.1, 0.15) is 12.4 Å². The Balaban J connectivity index is 2.29. The minimum absolute atomic E-state index is 0.0419. The van der Waals surface area contributed by atoms with Crippen LogP contribution >= 0.6 is 0 Å². The quantitative estimate of drug-likeness (QED) is 0.463. The molecule has 0 aliphatic rings. The van der Waals surface area contributed by atoms with E-state index in [1.165, 1.54) is 13.2 Å². The Morgan fingerprint density at radius 3 is 2.80 bits per heavy atom. The van der Waals surface area contributed by atoms with Crippen molar-refractivity contribution in [3.05, 3.63) is 50.1 Å². The molecule has 0 radical (unpaired) electrons. The minimum Gasteiger partial charge on any atom is -0.493 e. The molecule has 0 amide bonds. The molecule has 0 fully saturated rings. The molecular weight excluding hydrogens is 330 g/mol. The smallest absolute Gasteiger partial charge is 0.395 e. The van der Waals surface area contributed by atoms with Gasteiger partial charge in [-0.2, -0.15) is 4.98 Å². The lowest BCUT2D eigenvalue weighted by Gasteiger charge is -2.09. The highest BCUT2D eigenvalue weighted by molar-refractivity contribution is 5.68. The van der Waals surface area contributed by atoms with Crippen LogP contribution in [0, 0.1) is 22.5 Å². The highest BCUT2D eigenvalue weighted by atomic mass is 16.6. The Bertz CT molecular complexity index is 926. The number of hydrogen-bond donors (Lipinski definition) is 2. The van der Waals surface area contributed by atoms with Crippen LogP contribution in [0.4, 0.5) is 5.69 Å². The summed E-state index contributed by atoms with van der Waals surface area (Å²) in [6, 6.07) is 5.01. The van der Waals surface area contributed by atoms with Crippen molar-refractivity contribution < 1.29 is 19.5 Å². The normalized spacial score (nSPS) is 10.4. The van der Waals surface area contributed by atoms with Crippen molar-refractivity contribution in [2.24, 2.45) is 0 Å². The molecule has 0 aliphatic heterocycles. The van der Waals surface area contributed by atoms with Gasteiger partial charge < -0.3 is 19.6 Å². The van der Waals surface area contributed by atoms with E-state index in [0.717, 1.165) is 0 Å². The number of H-pyrrole nitrogens is 1. The van der Waals surface area contributed by atoms with Crippen LogP contribution in [0.5, 0.6) is 17.4 Å². The Kier molecular flexibility index (Phi) is 5.37. The minimum atomic E-state index is -1.05. The number of nitro groups is 1. The number of ether oxygens (including phenoxy) is 2. The molecule has 25 heavy (non-hydrogen) atoms. The Morgan fingerprint density at radius 1 is 1.44 bits per heavy atom. The standard InChI is InChI=1S/C16H13N3O6/c1-3-8-25-11-6-4-10(9-12(11)24-2)5-7-13-17-15(20)14(19(22)23)16(21)18-13/h1,4-7,9H,8H2,2H3,(H2,17,18,20,21)/b7-5+. The van der Waals surface area contributed by atoms with Crippen LogP contribution in [0.1, 0.15) is 11.4 Å². The number of nitrogens with one attached hydrogen (secondary N) is 1. The highest BCUT2D eigenvalue weighted by Gasteiger charge is 2.21. The highest BCUT2D eigenvalue weighted by Crippen LogP contribution is 2.28. The summed E-state index contributed by atoms with van der Waals surface area (Å²) in [4.78, 5) is 27.0. The van der Waals surface area contributed by atoms with E-state index in [4.69, 9.17) is 15.9 Å². The molecule has 1 aromatic heterocycles. The number of nitrogens with zero attached hydrogens (tertiary/aromatic N) is 2. The van der Waals surface area contributed by atoms with Gasteiger partial charge in [-0.15, -0.1) is 6.42 Å². The van der Waals surface area contributed by atoms with Crippen LogP contribution in [-0.4, -0.2) is 33.7 Å². The maximum Gasteiger partial charge on any atom is 0.395 e. The predicted molar refractivity (Wildman–Crippen MR) is 89.4 cm³/mol. The van der Waals surface area contributed by atoms with Gasteiger partial charge in [-0.3, -0.25) is 14.9 Å². The molecule has 1 heterocycles. The third-order valence-corrected chi connectivity index (χ3v) is 3.01. The average molecular weight is 343 g/mol. The molecule has 1 aromatic carbocycles. The van der Waals surface area contributed by atoms with Gasteiger partial charge in [-0.1, -0.05) is 18.1 Å². The lowest BCUT2D eigenvalue weighted by molar-refractivity contribution is -0.387. The summed E-state index contributed by atoms with van der Waals surface area (Å²) in [7, 11) is 1.47. The zero-order valence-corrected chi connectivity index (χ0v) is 13.1. The molecule has 0 aliphatic carbocycles. The van der Waals surface area contributed by atoms with Crippen molar-refractivity contribution in [1.29, 1.82) is 0 Å². The number of aromatic nitrogens is 2. The number of hydrogen-bond acceptors (Lipinski definition) is 7. The Hall–Kier alpha value is -3.80. The van der Waals surface area contributed by atoms with Crippen LogP contribution in [-0.2, 0) is 0 Å². The molecule has 0 bridgehead atoms. The number of terminal acetylenes is 1. The number of methoxy groups -OCH3 is 1. The van der Waals surface area contributed by atoms with Crippen molar-refractivity contribution in [2.45, 2.75) is 0 Å². The van der Waals surface area contributed by atoms with Crippen molar-refractivity contribution in [1.82, 2.24) is 9.97 Å². The summed E-state index contributed by atoms with van der Waals surface area (Å²) in [5.74, 6) is 2.27. The summed E-state index contributed by atoms with van der Waals surface area (Å²) < 4.78 is 10.5. The molecule has 0 atom stereocenters. The molecule has 2 N–H and O–H groups in total. The Morgan fingerprint density at radius 2 is 2.20 bits per heavy atom. The first-order valence-corrected chi connectivity index (χ1v) is 6.86. The second-order valence-electron chi connectivity index (χ2n) is 4.62. The second-order valence-corrected chi connectivity index (χ2v) is 4.62. The maximum atomic E-state index is 11.6. The number of benzene rings is 1. The lowest BCUT2D eigenvalue weighted by Crippen LogP contribution is -2.14. The van der Waals surface area contributed by atoms with E-state index < -0.39 is 22.0 Å². The van der Waals surface area contributed by atoms with Gasteiger partial charge in [0.25, 0.3) is 5.88 Å². The first-order chi connectivity index (χ1) is 12.0. The van der Waals surface area contributed by atoms with E-state index in [0.29, 0.717) is 17.1 Å². The zero-order valence-electron chi connectivity index (χ0n) is 13.1. The van der Waals surface area contributed by atoms with E-state index in [-0.39, 0.29) is 12.4 Å².